The number of hydrogen-bond donors (Lipinski definition) is 1. The second kappa shape index (κ2) is 7.70. The molecule has 34 heavy (non-hydrogen) atoms. The summed E-state index contributed by atoms with van der Waals surface area (Å²) in [4.78, 5) is 13.0. The first-order valence-electron chi connectivity index (χ1n) is 11.1. The molecule has 0 fully saturated rings. The van der Waals surface area contributed by atoms with Crippen LogP contribution in [0.3, 0.4) is 0 Å². The number of benzene rings is 4. The minimum Gasteiger partial charge on any atom is -0.493 e. The van der Waals surface area contributed by atoms with Crippen molar-refractivity contribution < 1.29 is 23.7 Å². The lowest BCUT2D eigenvalue weighted by molar-refractivity contribution is -0.136. The number of rotatable bonds is 4. The van der Waals surface area contributed by atoms with Crippen LogP contribution in [-0.2, 0) is 9.53 Å². The highest BCUT2D eigenvalue weighted by atomic mass is 16.5. The van der Waals surface area contributed by atoms with Gasteiger partial charge in [-0.1, -0.05) is 30.3 Å². The first-order chi connectivity index (χ1) is 16.6. The van der Waals surface area contributed by atoms with Crippen molar-refractivity contribution in [3.05, 3.63) is 83.1 Å². The Kier molecular flexibility index (Phi) is 4.62. The average molecular weight is 453 g/mol. The Morgan fingerprint density at radius 3 is 2.24 bits per heavy atom. The summed E-state index contributed by atoms with van der Waals surface area (Å²) in [6.07, 6.45) is 0. The fourth-order valence-electron chi connectivity index (χ4n) is 5.18. The van der Waals surface area contributed by atoms with Gasteiger partial charge in [-0.15, -0.1) is 0 Å². The molecular formula is C28H23NO5. The fraction of sp³-hybridized carbons (Fsp3) is 0.179. The zero-order valence-corrected chi connectivity index (χ0v) is 19.1. The summed E-state index contributed by atoms with van der Waals surface area (Å²) in [5.41, 5.74) is 4.25. The molecule has 0 radical (unpaired) electrons. The van der Waals surface area contributed by atoms with Crippen molar-refractivity contribution in [3.63, 3.8) is 0 Å². The van der Waals surface area contributed by atoms with Gasteiger partial charge in [-0.05, 0) is 63.0 Å². The van der Waals surface area contributed by atoms with Crippen LogP contribution in [0.5, 0.6) is 17.2 Å². The topological polar surface area (TPSA) is 66.0 Å². The first kappa shape index (κ1) is 20.4. The largest absolute Gasteiger partial charge is 0.493 e. The van der Waals surface area contributed by atoms with Crippen LogP contribution in [0.2, 0.25) is 0 Å². The highest BCUT2D eigenvalue weighted by Crippen LogP contribution is 2.50. The lowest BCUT2D eigenvalue weighted by Crippen LogP contribution is -2.20. The van der Waals surface area contributed by atoms with Gasteiger partial charge in [0.25, 0.3) is 0 Å². The zero-order valence-electron chi connectivity index (χ0n) is 19.1. The van der Waals surface area contributed by atoms with Gasteiger partial charge >= 0.3 is 5.97 Å². The van der Waals surface area contributed by atoms with E-state index in [0.717, 1.165) is 38.7 Å². The third-order valence-corrected chi connectivity index (χ3v) is 6.70. The molecule has 2 heterocycles. The number of anilines is 1. The number of esters is 1. The number of methoxy groups -OCH3 is 3. The highest BCUT2D eigenvalue weighted by molar-refractivity contribution is 6.05. The van der Waals surface area contributed by atoms with Gasteiger partial charge in [-0.25, -0.2) is 4.79 Å². The molecular weight excluding hydrogens is 430 g/mol. The van der Waals surface area contributed by atoms with Crippen LogP contribution in [0.15, 0.2) is 71.9 Å². The van der Waals surface area contributed by atoms with Crippen LogP contribution >= 0.6 is 0 Å². The SMILES string of the molecule is COc1cc(C2C3=C(COC3=O)Nc3ccc4cc5ccccc5cc4c32)cc(OC)c1OC. The Morgan fingerprint density at radius 1 is 0.853 bits per heavy atom. The molecule has 2 aliphatic heterocycles. The molecule has 0 aromatic heterocycles. The molecule has 0 aliphatic carbocycles. The molecule has 1 unspecified atom stereocenters. The monoisotopic (exact) mass is 453 g/mol. The molecule has 2 aliphatic rings. The van der Waals surface area contributed by atoms with Crippen molar-refractivity contribution in [2.45, 2.75) is 5.92 Å². The maximum atomic E-state index is 13.0. The highest BCUT2D eigenvalue weighted by Gasteiger charge is 2.40. The predicted octanol–water partition coefficient (Wildman–Crippen LogP) is 5.39. The molecule has 0 amide bonds. The number of nitrogens with one attached hydrogen (secondary N) is 1. The lowest BCUT2D eigenvalue weighted by atomic mass is 9.78. The Bertz CT molecular complexity index is 1500. The summed E-state index contributed by atoms with van der Waals surface area (Å²) >= 11 is 0. The molecule has 0 spiro atoms. The van der Waals surface area contributed by atoms with Gasteiger partial charge in [-0.2, -0.15) is 0 Å². The van der Waals surface area contributed by atoms with E-state index in [1.165, 1.54) is 5.39 Å². The molecule has 1 atom stereocenters. The molecule has 0 saturated heterocycles. The van der Waals surface area contributed by atoms with Gasteiger partial charge in [0.2, 0.25) is 5.75 Å². The number of carbonyl (C=O) groups is 1. The minimum atomic E-state index is -0.361. The van der Waals surface area contributed by atoms with Crippen molar-refractivity contribution in [1.29, 1.82) is 0 Å². The van der Waals surface area contributed by atoms with Crippen molar-refractivity contribution in [1.82, 2.24) is 0 Å². The first-order valence-corrected chi connectivity index (χ1v) is 11.1. The van der Waals surface area contributed by atoms with E-state index in [4.69, 9.17) is 18.9 Å². The van der Waals surface area contributed by atoms with Gasteiger partial charge in [-0.3, -0.25) is 0 Å². The Hall–Kier alpha value is -4.19. The van der Waals surface area contributed by atoms with Crippen molar-refractivity contribution in [3.8, 4) is 17.2 Å². The van der Waals surface area contributed by atoms with E-state index in [0.29, 0.717) is 22.8 Å². The Balaban J connectivity index is 1.68. The van der Waals surface area contributed by atoms with Crippen LogP contribution in [-0.4, -0.2) is 33.9 Å². The molecule has 4 aromatic carbocycles. The summed E-state index contributed by atoms with van der Waals surface area (Å²) in [5, 5.41) is 7.95. The smallest absolute Gasteiger partial charge is 0.337 e. The molecule has 170 valence electrons. The summed E-state index contributed by atoms with van der Waals surface area (Å²) < 4.78 is 22.2. The quantitative estimate of drug-likeness (QED) is 0.330. The van der Waals surface area contributed by atoms with E-state index < -0.39 is 0 Å². The van der Waals surface area contributed by atoms with Crippen LogP contribution in [0.4, 0.5) is 5.69 Å². The molecule has 4 aromatic rings. The summed E-state index contributed by atoms with van der Waals surface area (Å²) in [7, 11) is 4.76. The van der Waals surface area contributed by atoms with E-state index in [1.807, 2.05) is 24.3 Å². The third kappa shape index (κ3) is 2.91. The molecule has 6 nitrogen and oxygen atoms in total. The van der Waals surface area contributed by atoms with E-state index in [-0.39, 0.29) is 18.5 Å². The predicted molar refractivity (Wildman–Crippen MR) is 131 cm³/mol. The standard InChI is InChI=1S/C28H23NO5/c1-31-22-12-18(13-23(32-2)27(22)33-3)24-25-19-11-16-7-5-4-6-15(16)10-17(19)8-9-20(25)29-21-14-34-28(30)26(21)24/h4-13,24,29H,14H2,1-3H3. The molecule has 1 N–H and O–H groups in total. The van der Waals surface area contributed by atoms with Gasteiger partial charge < -0.3 is 24.3 Å². The summed E-state index contributed by atoms with van der Waals surface area (Å²) in [6, 6.07) is 20.7. The normalized spacial score (nSPS) is 16.7. The van der Waals surface area contributed by atoms with Crippen molar-refractivity contribution in [2.75, 3.05) is 33.3 Å². The van der Waals surface area contributed by atoms with E-state index >= 15 is 0 Å². The van der Waals surface area contributed by atoms with Crippen molar-refractivity contribution in [2.24, 2.45) is 0 Å². The molecule has 0 saturated carbocycles. The van der Waals surface area contributed by atoms with Crippen LogP contribution < -0.4 is 19.5 Å². The van der Waals surface area contributed by atoms with Crippen LogP contribution in [0.1, 0.15) is 17.0 Å². The zero-order chi connectivity index (χ0) is 23.4. The Morgan fingerprint density at radius 2 is 1.56 bits per heavy atom. The average Bonchev–Trinajstić information content (AvgIpc) is 3.25. The number of hydrogen-bond acceptors (Lipinski definition) is 6. The molecule has 6 heteroatoms. The second-order valence-corrected chi connectivity index (χ2v) is 8.43. The molecule has 0 bridgehead atoms. The number of fused-ring (bicyclic) bond motifs is 4. The van der Waals surface area contributed by atoms with Crippen molar-refractivity contribution >= 4 is 33.2 Å². The van der Waals surface area contributed by atoms with Gasteiger partial charge in [0.1, 0.15) is 6.61 Å². The maximum absolute atomic E-state index is 13.0. The molecule has 6 rings (SSSR count). The summed E-state index contributed by atoms with van der Waals surface area (Å²) in [5.74, 6) is 0.909. The van der Waals surface area contributed by atoms with Crippen LogP contribution in [0.25, 0.3) is 21.5 Å². The number of carbonyl (C=O) groups excluding carboxylic acids is 1. The fourth-order valence-corrected chi connectivity index (χ4v) is 5.18. The van der Waals surface area contributed by atoms with E-state index in [1.54, 1.807) is 21.3 Å². The number of ether oxygens (including phenoxy) is 4. The lowest BCUT2D eigenvalue weighted by Gasteiger charge is -2.29. The van der Waals surface area contributed by atoms with Gasteiger partial charge in [0.15, 0.2) is 11.5 Å². The van der Waals surface area contributed by atoms with Gasteiger partial charge in [0, 0.05) is 11.6 Å². The third-order valence-electron chi connectivity index (χ3n) is 6.70. The summed E-state index contributed by atoms with van der Waals surface area (Å²) in [6.45, 7) is 0.226. The maximum Gasteiger partial charge on any atom is 0.337 e. The van der Waals surface area contributed by atoms with E-state index in [2.05, 4.69) is 41.7 Å². The second-order valence-electron chi connectivity index (χ2n) is 8.43. The number of cyclic esters (lactones) is 1. The van der Waals surface area contributed by atoms with Crippen LogP contribution in [0, 0.1) is 0 Å². The minimum absolute atomic E-state index is 0.226. The van der Waals surface area contributed by atoms with E-state index in [9.17, 15) is 4.79 Å². The van der Waals surface area contributed by atoms with Gasteiger partial charge in [0.05, 0.1) is 32.6 Å². The Labute approximate surface area is 196 Å².